The van der Waals surface area contributed by atoms with Crippen molar-refractivity contribution in [1.29, 1.82) is 0 Å². The van der Waals surface area contributed by atoms with Crippen molar-refractivity contribution >= 4 is 20.7 Å². The summed E-state index contributed by atoms with van der Waals surface area (Å²) >= 11 is 0. The molecule has 3 N–H and O–H groups in total. The van der Waals surface area contributed by atoms with Gasteiger partial charge in [0.1, 0.15) is 6.04 Å². The molecule has 0 saturated carbocycles. The van der Waals surface area contributed by atoms with Gasteiger partial charge in [0.25, 0.3) is 0 Å². The number of carboxylic acids is 2. The Bertz CT molecular complexity index is 296. The van der Waals surface area contributed by atoms with Crippen molar-refractivity contribution in [2.24, 2.45) is 0 Å². The topological polar surface area (TPSA) is 114 Å². The zero-order valence-electron chi connectivity index (χ0n) is 12.0. The summed E-state index contributed by atoms with van der Waals surface area (Å²) in [5, 5.41) is 20.3. The lowest BCUT2D eigenvalue weighted by Crippen LogP contribution is -2.57. The summed E-state index contributed by atoms with van der Waals surface area (Å²) in [7, 11) is -3.02. The highest BCUT2D eigenvalue weighted by Crippen LogP contribution is 2.10. The Hall–Kier alpha value is -1.00. The third-order valence-corrected chi connectivity index (χ3v) is 5.16. The zero-order chi connectivity index (χ0) is 15.6. The van der Waals surface area contributed by atoms with Crippen LogP contribution in [0, 0.1) is 0 Å². The smallest absolute Gasteiger partial charge is 0.481 e. The standard InChI is InChI=1S/C11H23NO7Si/c1-4-17-20(18-5-2,19-6-3)8-12-9(11(15)16)7-10(13)14/h9,12H,4-8H2,1-3H3,(H,13,14)(H,15,16). The lowest BCUT2D eigenvalue weighted by molar-refractivity contribution is -0.145. The van der Waals surface area contributed by atoms with E-state index in [1.807, 2.05) is 0 Å². The highest BCUT2D eigenvalue weighted by atomic mass is 28.4. The quantitative estimate of drug-likeness (QED) is 0.435. The molecule has 0 fully saturated rings. The van der Waals surface area contributed by atoms with E-state index in [9.17, 15) is 9.59 Å². The van der Waals surface area contributed by atoms with Gasteiger partial charge in [-0.1, -0.05) is 0 Å². The molecule has 1 atom stereocenters. The molecule has 0 aliphatic heterocycles. The lowest BCUT2D eigenvalue weighted by Gasteiger charge is -2.29. The molecule has 8 nitrogen and oxygen atoms in total. The molecule has 0 spiro atoms. The summed E-state index contributed by atoms with van der Waals surface area (Å²) in [4.78, 5) is 21.6. The third kappa shape index (κ3) is 6.96. The van der Waals surface area contributed by atoms with Gasteiger partial charge in [-0.2, -0.15) is 0 Å². The summed E-state index contributed by atoms with van der Waals surface area (Å²) in [6.45, 7) is 6.45. The van der Waals surface area contributed by atoms with Crippen molar-refractivity contribution in [1.82, 2.24) is 5.32 Å². The predicted octanol–water partition coefficient (Wildman–Crippen LogP) is 0.0915. The van der Waals surface area contributed by atoms with E-state index in [2.05, 4.69) is 5.32 Å². The Labute approximate surface area is 119 Å². The largest absolute Gasteiger partial charge is 0.515 e. The maximum atomic E-state index is 11.0. The van der Waals surface area contributed by atoms with Crippen molar-refractivity contribution in [2.75, 3.05) is 26.0 Å². The summed E-state index contributed by atoms with van der Waals surface area (Å²) in [6, 6.07) is -1.21. The van der Waals surface area contributed by atoms with Gasteiger partial charge >= 0.3 is 20.7 Å². The number of nitrogens with one attached hydrogen (secondary N) is 1. The van der Waals surface area contributed by atoms with Crippen LogP contribution in [0.25, 0.3) is 0 Å². The monoisotopic (exact) mass is 309 g/mol. The molecule has 0 bridgehead atoms. The molecule has 20 heavy (non-hydrogen) atoms. The van der Waals surface area contributed by atoms with Crippen LogP contribution in [0.2, 0.25) is 0 Å². The SMILES string of the molecule is CCO[Si](CNC(CC(=O)O)C(=O)O)(OCC)OCC. The Kier molecular flexibility index (Phi) is 9.34. The minimum absolute atomic E-state index is 0.0484. The van der Waals surface area contributed by atoms with E-state index < -0.39 is 33.2 Å². The Morgan fingerprint density at radius 3 is 1.80 bits per heavy atom. The van der Waals surface area contributed by atoms with Gasteiger partial charge in [-0.25, -0.2) is 0 Å². The van der Waals surface area contributed by atoms with Gasteiger partial charge in [-0.3, -0.25) is 14.9 Å². The molecular formula is C11H23NO7Si. The summed E-state index contributed by atoms with van der Waals surface area (Å²) in [6.07, 6.45) is -0.475. The first kappa shape index (κ1) is 19.0. The Morgan fingerprint density at radius 2 is 1.50 bits per heavy atom. The summed E-state index contributed by atoms with van der Waals surface area (Å²) in [5.74, 6) is -2.43. The van der Waals surface area contributed by atoms with Crippen molar-refractivity contribution in [2.45, 2.75) is 33.2 Å². The van der Waals surface area contributed by atoms with Crippen LogP contribution >= 0.6 is 0 Å². The molecule has 0 aromatic carbocycles. The molecule has 118 valence electrons. The Balaban J connectivity index is 4.76. The molecule has 0 aliphatic rings. The van der Waals surface area contributed by atoms with Crippen molar-refractivity contribution < 1.29 is 33.1 Å². The minimum Gasteiger partial charge on any atom is -0.481 e. The average molecular weight is 309 g/mol. The van der Waals surface area contributed by atoms with Crippen molar-refractivity contribution in [3.63, 3.8) is 0 Å². The third-order valence-electron chi connectivity index (χ3n) is 2.33. The first-order valence-corrected chi connectivity index (χ1v) is 8.43. The van der Waals surface area contributed by atoms with Crippen LogP contribution in [0.15, 0.2) is 0 Å². The molecule has 0 amide bonds. The minimum atomic E-state index is -3.02. The van der Waals surface area contributed by atoms with Crippen molar-refractivity contribution in [3.8, 4) is 0 Å². The zero-order valence-corrected chi connectivity index (χ0v) is 13.0. The van der Waals surface area contributed by atoms with E-state index in [1.54, 1.807) is 20.8 Å². The van der Waals surface area contributed by atoms with Crippen LogP contribution in [0.3, 0.4) is 0 Å². The van der Waals surface area contributed by atoms with Crippen LogP contribution in [-0.2, 0) is 22.9 Å². The molecule has 0 rings (SSSR count). The van der Waals surface area contributed by atoms with E-state index in [1.165, 1.54) is 0 Å². The lowest BCUT2D eigenvalue weighted by atomic mass is 10.2. The van der Waals surface area contributed by atoms with E-state index in [0.717, 1.165) is 0 Å². The fraction of sp³-hybridized carbons (Fsp3) is 0.818. The number of hydrogen-bond donors (Lipinski definition) is 3. The number of carbonyl (C=O) groups is 2. The number of carboxylic acid groups (broad SMARTS) is 2. The van der Waals surface area contributed by atoms with E-state index in [0.29, 0.717) is 19.8 Å². The summed E-state index contributed by atoms with van der Waals surface area (Å²) < 4.78 is 16.6. The van der Waals surface area contributed by atoms with Gasteiger partial charge in [-0.05, 0) is 20.8 Å². The Morgan fingerprint density at radius 1 is 1.05 bits per heavy atom. The molecule has 0 aromatic rings. The molecular weight excluding hydrogens is 286 g/mol. The fourth-order valence-electron chi connectivity index (χ4n) is 1.61. The van der Waals surface area contributed by atoms with E-state index in [4.69, 9.17) is 23.5 Å². The van der Waals surface area contributed by atoms with Crippen LogP contribution in [-0.4, -0.2) is 63.0 Å². The van der Waals surface area contributed by atoms with E-state index >= 15 is 0 Å². The number of hydrogen-bond acceptors (Lipinski definition) is 6. The van der Waals surface area contributed by atoms with Crippen LogP contribution in [0.5, 0.6) is 0 Å². The van der Waals surface area contributed by atoms with Gasteiger partial charge < -0.3 is 23.5 Å². The average Bonchev–Trinajstić information content (AvgIpc) is 2.34. The first-order valence-electron chi connectivity index (χ1n) is 6.50. The van der Waals surface area contributed by atoms with Gasteiger partial charge in [0.2, 0.25) is 0 Å². The van der Waals surface area contributed by atoms with Crippen LogP contribution < -0.4 is 5.32 Å². The molecule has 0 aliphatic carbocycles. The second-order valence-corrected chi connectivity index (χ2v) is 6.44. The first-order chi connectivity index (χ1) is 9.40. The highest BCUT2D eigenvalue weighted by Gasteiger charge is 2.41. The molecule has 9 heteroatoms. The normalized spacial score (nSPS) is 13.2. The fourth-order valence-corrected chi connectivity index (χ4v) is 3.98. The van der Waals surface area contributed by atoms with Crippen molar-refractivity contribution in [3.05, 3.63) is 0 Å². The molecule has 0 heterocycles. The molecule has 0 saturated heterocycles. The molecule has 1 unspecified atom stereocenters. The molecule has 0 aromatic heterocycles. The number of rotatable bonds is 12. The predicted molar refractivity (Wildman–Crippen MR) is 72.3 cm³/mol. The molecule has 0 radical (unpaired) electrons. The van der Waals surface area contributed by atoms with Gasteiger partial charge in [0, 0.05) is 19.8 Å². The second kappa shape index (κ2) is 9.83. The maximum absolute atomic E-state index is 11.0. The van der Waals surface area contributed by atoms with Gasteiger partial charge in [-0.15, -0.1) is 0 Å². The van der Waals surface area contributed by atoms with Crippen LogP contribution in [0.4, 0.5) is 0 Å². The van der Waals surface area contributed by atoms with Crippen LogP contribution in [0.1, 0.15) is 27.2 Å². The highest BCUT2D eigenvalue weighted by molar-refractivity contribution is 6.61. The van der Waals surface area contributed by atoms with E-state index in [-0.39, 0.29) is 6.17 Å². The summed E-state index contributed by atoms with van der Waals surface area (Å²) in [5.41, 5.74) is 0. The van der Waals surface area contributed by atoms with Gasteiger partial charge in [0.15, 0.2) is 0 Å². The maximum Gasteiger partial charge on any atom is 0.515 e. The number of aliphatic carboxylic acids is 2. The van der Waals surface area contributed by atoms with Gasteiger partial charge in [0.05, 0.1) is 12.6 Å². The second-order valence-electron chi connectivity index (χ2n) is 3.85.